The van der Waals surface area contributed by atoms with Gasteiger partial charge in [0.25, 0.3) is 5.91 Å². The number of rotatable bonds is 5. The van der Waals surface area contributed by atoms with Crippen molar-refractivity contribution >= 4 is 11.6 Å². The number of benzene rings is 2. The number of quaternary nitrogens is 1. The molecule has 1 aliphatic carbocycles. The summed E-state index contributed by atoms with van der Waals surface area (Å²) in [6, 6.07) is 13.3. The Bertz CT molecular complexity index is 791. The van der Waals surface area contributed by atoms with Crippen LogP contribution in [-0.2, 0) is 11.2 Å². The van der Waals surface area contributed by atoms with Crippen molar-refractivity contribution in [2.45, 2.75) is 44.6 Å². The van der Waals surface area contributed by atoms with Gasteiger partial charge in [-0.15, -0.1) is 13.2 Å². The van der Waals surface area contributed by atoms with E-state index in [1.54, 1.807) is 0 Å². The molecule has 1 amide bonds. The fraction of sp³-hybridized carbons (Fsp3) is 0.350. The molecular formula is C20H22F3N2O2+. The molecule has 27 heavy (non-hydrogen) atoms. The quantitative estimate of drug-likeness (QED) is 0.835. The standard InChI is InChI=1S/C20H21F3N2O2/c1-13(24-18-8-4-6-14-5-2-3-7-17(14)18)19(26)25-15-9-11-16(12-10-15)27-20(21,22)23/h2-3,5,7,9-13,18,24H,4,6,8H2,1H3,(H,25,26)/p+1/t13-,18-/m0/s1. The van der Waals surface area contributed by atoms with Gasteiger partial charge in [-0.1, -0.05) is 24.3 Å². The monoisotopic (exact) mass is 379 g/mol. The molecule has 0 radical (unpaired) electrons. The summed E-state index contributed by atoms with van der Waals surface area (Å²) in [4.78, 5) is 12.5. The summed E-state index contributed by atoms with van der Waals surface area (Å²) in [7, 11) is 0. The van der Waals surface area contributed by atoms with E-state index in [0.29, 0.717) is 5.69 Å². The lowest BCUT2D eigenvalue weighted by molar-refractivity contribution is -0.714. The van der Waals surface area contributed by atoms with Crippen molar-refractivity contribution in [1.82, 2.24) is 0 Å². The van der Waals surface area contributed by atoms with Crippen LogP contribution in [0.4, 0.5) is 18.9 Å². The first kappa shape index (κ1) is 19.2. The molecule has 3 rings (SSSR count). The Morgan fingerprint density at radius 2 is 1.89 bits per heavy atom. The van der Waals surface area contributed by atoms with Gasteiger partial charge in [0.05, 0.1) is 0 Å². The van der Waals surface area contributed by atoms with Gasteiger partial charge in [-0.05, 0) is 49.6 Å². The van der Waals surface area contributed by atoms with E-state index < -0.39 is 6.36 Å². The number of ether oxygens (including phenoxy) is 1. The molecule has 3 N–H and O–H groups in total. The molecule has 4 nitrogen and oxygen atoms in total. The van der Waals surface area contributed by atoms with E-state index in [1.807, 2.05) is 19.1 Å². The predicted octanol–water partition coefficient (Wildman–Crippen LogP) is 3.55. The second-order valence-electron chi connectivity index (χ2n) is 6.74. The highest BCUT2D eigenvalue weighted by atomic mass is 19.4. The zero-order valence-electron chi connectivity index (χ0n) is 14.9. The summed E-state index contributed by atoms with van der Waals surface area (Å²) in [5.74, 6) is -0.513. The van der Waals surface area contributed by atoms with Crippen LogP contribution in [0.2, 0.25) is 0 Å². The van der Waals surface area contributed by atoms with Crippen LogP contribution in [0.1, 0.15) is 36.9 Å². The fourth-order valence-electron chi connectivity index (χ4n) is 3.42. The molecule has 0 fully saturated rings. The van der Waals surface area contributed by atoms with E-state index in [9.17, 15) is 18.0 Å². The maximum atomic E-state index is 12.5. The van der Waals surface area contributed by atoms with Gasteiger partial charge in [-0.25, -0.2) is 0 Å². The molecule has 0 saturated carbocycles. The van der Waals surface area contributed by atoms with E-state index in [1.165, 1.54) is 35.4 Å². The normalized spacial score (nSPS) is 17.7. The van der Waals surface area contributed by atoms with Crippen LogP contribution in [-0.4, -0.2) is 18.3 Å². The third-order valence-electron chi connectivity index (χ3n) is 4.71. The number of amides is 1. The van der Waals surface area contributed by atoms with Crippen molar-refractivity contribution in [3.8, 4) is 5.75 Å². The van der Waals surface area contributed by atoms with Gasteiger partial charge in [0, 0.05) is 17.7 Å². The minimum absolute atomic E-state index is 0.192. The second kappa shape index (κ2) is 8.00. The summed E-state index contributed by atoms with van der Waals surface area (Å²) in [6.07, 6.45) is -1.57. The molecule has 2 aromatic carbocycles. The molecule has 1 aliphatic rings. The highest BCUT2D eigenvalue weighted by Crippen LogP contribution is 2.27. The number of aryl methyl sites for hydroxylation is 1. The lowest BCUT2D eigenvalue weighted by Gasteiger charge is -2.26. The number of fused-ring (bicyclic) bond motifs is 1. The maximum absolute atomic E-state index is 12.5. The lowest BCUT2D eigenvalue weighted by Crippen LogP contribution is -2.92. The predicted molar refractivity (Wildman–Crippen MR) is 95.3 cm³/mol. The summed E-state index contributed by atoms with van der Waals surface area (Å²) < 4.78 is 40.4. The fourth-order valence-corrected chi connectivity index (χ4v) is 3.42. The number of nitrogens with one attached hydrogen (secondary N) is 1. The van der Waals surface area contributed by atoms with Gasteiger partial charge in [-0.2, -0.15) is 0 Å². The largest absolute Gasteiger partial charge is 0.573 e. The van der Waals surface area contributed by atoms with Crippen molar-refractivity contribution in [2.75, 3.05) is 5.32 Å². The summed E-state index contributed by atoms with van der Waals surface area (Å²) >= 11 is 0. The second-order valence-corrected chi connectivity index (χ2v) is 6.74. The summed E-state index contributed by atoms with van der Waals surface area (Å²) in [6.45, 7) is 1.83. The topological polar surface area (TPSA) is 54.9 Å². The van der Waals surface area contributed by atoms with Crippen molar-refractivity contribution in [3.63, 3.8) is 0 Å². The highest BCUT2D eigenvalue weighted by molar-refractivity contribution is 5.93. The van der Waals surface area contributed by atoms with Crippen molar-refractivity contribution in [1.29, 1.82) is 0 Å². The number of nitrogens with two attached hydrogens (primary N) is 1. The van der Waals surface area contributed by atoms with E-state index in [0.717, 1.165) is 19.3 Å². The highest BCUT2D eigenvalue weighted by Gasteiger charge is 2.31. The zero-order valence-corrected chi connectivity index (χ0v) is 14.9. The van der Waals surface area contributed by atoms with Crippen LogP contribution in [0.3, 0.4) is 0 Å². The van der Waals surface area contributed by atoms with Crippen LogP contribution in [0.5, 0.6) is 5.75 Å². The SMILES string of the molecule is C[C@H]([NH2+][C@H]1CCCc2ccccc21)C(=O)Nc1ccc(OC(F)(F)F)cc1. The van der Waals surface area contributed by atoms with Gasteiger partial charge < -0.3 is 15.4 Å². The van der Waals surface area contributed by atoms with Gasteiger partial charge in [-0.3, -0.25) is 4.79 Å². The third kappa shape index (κ3) is 5.23. The Kier molecular flexibility index (Phi) is 5.70. The molecule has 0 saturated heterocycles. The average Bonchev–Trinajstić information content (AvgIpc) is 2.62. The Morgan fingerprint density at radius 1 is 1.19 bits per heavy atom. The number of carbonyl (C=O) groups excluding carboxylic acids is 1. The van der Waals surface area contributed by atoms with Crippen LogP contribution < -0.4 is 15.4 Å². The molecular weight excluding hydrogens is 357 g/mol. The number of halogens is 3. The molecule has 0 unspecified atom stereocenters. The van der Waals surface area contributed by atoms with E-state index in [-0.39, 0.29) is 23.7 Å². The number of hydrogen-bond donors (Lipinski definition) is 2. The Morgan fingerprint density at radius 3 is 2.59 bits per heavy atom. The average molecular weight is 379 g/mol. The Hall–Kier alpha value is -2.54. The van der Waals surface area contributed by atoms with Gasteiger partial charge >= 0.3 is 6.36 Å². The first-order valence-electron chi connectivity index (χ1n) is 8.91. The number of alkyl halides is 3. The van der Waals surface area contributed by atoms with Crippen LogP contribution in [0.15, 0.2) is 48.5 Å². The van der Waals surface area contributed by atoms with Crippen LogP contribution >= 0.6 is 0 Å². The third-order valence-corrected chi connectivity index (χ3v) is 4.71. The first-order valence-corrected chi connectivity index (χ1v) is 8.91. The molecule has 0 heterocycles. The Balaban J connectivity index is 1.58. The molecule has 2 aromatic rings. The van der Waals surface area contributed by atoms with Crippen LogP contribution in [0, 0.1) is 0 Å². The van der Waals surface area contributed by atoms with Gasteiger partial charge in [0.1, 0.15) is 11.8 Å². The smallest absolute Gasteiger partial charge is 0.406 e. The lowest BCUT2D eigenvalue weighted by atomic mass is 9.87. The summed E-state index contributed by atoms with van der Waals surface area (Å²) in [5.41, 5.74) is 3.04. The van der Waals surface area contributed by atoms with Gasteiger partial charge in [0.2, 0.25) is 0 Å². The molecule has 0 bridgehead atoms. The van der Waals surface area contributed by atoms with Gasteiger partial charge in [0.15, 0.2) is 6.04 Å². The molecule has 144 valence electrons. The molecule has 0 aromatic heterocycles. The number of anilines is 1. The van der Waals surface area contributed by atoms with Crippen LogP contribution in [0.25, 0.3) is 0 Å². The number of carbonyl (C=O) groups is 1. The summed E-state index contributed by atoms with van der Waals surface area (Å²) in [5, 5.41) is 4.79. The molecule has 0 aliphatic heterocycles. The number of hydrogen-bond acceptors (Lipinski definition) is 2. The van der Waals surface area contributed by atoms with Crippen molar-refractivity contribution in [2.24, 2.45) is 0 Å². The van der Waals surface area contributed by atoms with E-state index >= 15 is 0 Å². The Labute approximate surface area is 155 Å². The minimum Gasteiger partial charge on any atom is -0.406 e. The van der Waals surface area contributed by atoms with Crippen molar-refractivity contribution in [3.05, 3.63) is 59.7 Å². The van der Waals surface area contributed by atoms with Crippen molar-refractivity contribution < 1.29 is 28.0 Å². The molecule has 2 atom stereocenters. The first-order chi connectivity index (χ1) is 12.8. The zero-order chi connectivity index (χ0) is 19.4. The van der Waals surface area contributed by atoms with E-state index in [4.69, 9.17) is 0 Å². The minimum atomic E-state index is -4.73. The maximum Gasteiger partial charge on any atom is 0.573 e. The van der Waals surface area contributed by atoms with E-state index in [2.05, 4.69) is 27.5 Å². The molecule has 7 heteroatoms. The molecule has 0 spiro atoms.